The summed E-state index contributed by atoms with van der Waals surface area (Å²) in [5.74, 6) is -0.214. The standard InChI is InChI=1S/C24H19BrN2O4S/c1-12-4-5-15(23(29)30)10-18(12)19-7-6-17(31-19)11-20-22(28)27-24(32-20)26-16-8-13(2)21(25)14(3)9-16/h4-11H,1-3H3,(H,29,30)(H,26,27,28)/b20-11-. The quantitative estimate of drug-likeness (QED) is 0.406. The van der Waals surface area contributed by atoms with Crippen LogP contribution in [0.5, 0.6) is 0 Å². The van der Waals surface area contributed by atoms with Gasteiger partial charge in [0.2, 0.25) is 0 Å². The number of hydrogen-bond donors (Lipinski definition) is 2. The first-order valence-corrected chi connectivity index (χ1v) is 11.3. The summed E-state index contributed by atoms with van der Waals surface area (Å²) in [5, 5.41) is 12.5. The van der Waals surface area contributed by atoms with E-state index in [0.29, 0.717) is 27.2 Å². The molecule has 3 aromatic rings. The average molecular weight is 511 g/mol. The first kappa shape index (κ1) is 22.1. The van der Waals surface area contributed by atoms with E-state index in [-0.39, 0.29) is 11.5 Å². The second kappa shape index (κ2) is 8.80. The highest BCUT2D eigenvalue weighted by molar-refractivity contribution is 9.10. The number of amidine groups is 1. The first-order chi connectivity index (χ1) is 15.2. The number of nitrogens with one attached hydrogen (secondary N) is 1. The van der Waals surface area contributed by atoms with E-state index in [1.165, 1.54) is 11.8 Å². The number of amides is 1. The van der Waals surface area contributed by atoms with Crippen LogP contribution >= 0.6 is 27.7 Å². The van der Waals surface area contributed by atoms with Gasteiger partial charge in [0.25, 0.3) is 5.91 Å². The summed E-state index contributed by atoms with van der Waals surface area (Å²) >= 11 is 4.78. The topological polar surface area (TPSA) is 91.9 Å². The molecule has 0 aliphatic carbocycles. The van der Waals surface area contributed by atoms with Crippen molar-refractivity contribution < 1.29 is 19.1 Å². The van der Waals surface area contributed by atoms with Crippen LogP contribution in [0.3, 0.4) is 0 Å². The molecule has 0 bridgehead atoms. The Kier molecular flexibility index (Phi) is 6.08. The van der Waals surface area contributed by atoms with Crippen molar-refractivity contribution in [3.63, 3.8) is 0 Å². The molecule has 2 heterocycles. The second-order valence-electron chi connectivity index (χ2n) is 7.41. The Hall–Kier alpha value is -3.10. The number of rotatable bonds is 4. The summed E-state index contributed by atoms with van der Waals surface area (Å²) in [6, 6.07) is 12.3. The number of aromatic carboxylic acids is 1. The predicted molar refractivity (Wildman–Crippen MR) is 130 cm³/mol. The lowest BCUT2D eigenvalue weighted by atomic mass is 10.0. The van der Waals surface area contributed by atoms with Gasteiger partial charge in [-0.1, -0.05) is 22.0 Å². The van der Waals surface area contributed by atoms with Gasteiger partial charge in [-0.25, -0.2) is 9.79 Å². The van der Waals surface area contributed by atoms with Crippen molar-refractivity contribution in [1.29, 1.82) is 0 Å². The van der Waals surface area contributed by atoms with Gasteiger partial charge < -0.3 is 14.8 Å². The van der Waals surface area contributed by atoms with E-state index in [2.05, 4.69) is 26.2 Å². The van der Waals surface area contributed by atoms with Gasteiger partial charge in [0, 0.05) is 16.1 Å². The van der Waals surface area contributed by atoms with Crippen LogP contribution in [0.4, 0.5) is 5.69 Å². The van der Waals surface area contributed by atoms with Gasteiger partial charge in [-0.05, 0) is 85.6 Å². The van der Waals surface area contributed by atoms with Crippen molar-refractivity contribution in [2.45, 2.75) is 20.8 Å². The Balaban J connectivity index is 1.58. The molecule has 4 rings (SSSR count). The minimum atomic E-state index is -0.998. The lowest BCUT2D eigenvalue weighted by molar-refractivity contribution is -0.115. The SMILES string of the molecule is Cc1ccc(C(=O)O)cc1-c1ccc(/C=C2\SC(=Nc3cc(C)c(Br)c(C)c3)NC2=O)o1. The number of aliphatic imine (C=N–C) groups is 1. The second-order valence-corrected chi connectivity index (χ2v) is 9.24. The molecule has 0 radical (unpaired) electrons. The van der Waals surface area contributed by atoms with Crippen LogP contribution in [-0.2, 0) is 4.79 Å². The Morgan fingerprint density at radius 2 is 1.81 bits per heavy atom. The summed E-state index contributed by atoms with van der Waals surface area (Å²) in [4.78, 5) is 28.7. The Labute approximate surface area is 197 Å². The molecular weight excluding hydrogens is 492 g/mol. The van der Waals surface area contributed by atoms with Gasteiger partial charge in [0.15, 0.2) is 5.17 Å². The van der Waals surface area contributed by atoms with E-state index in [0.717, 1.165) is 26.9 Å². The maximum atomic E-state index is 12.4. The maximum Gasteiger partial charge on any atom is 0.335 e. The minimum Gasteiger partial charge on any atom is -0.478 e. The molecule has 2 aromatic carbocycles. The number of aryl methyl sites for hydroxylation is 3. The normalized spacial score (nSPS) is 16.1. The van der Waals surface area contributed by atoms with Crippen LogP contribution in [-0.4, -0.2) is 22.2 Å². The lowest BCUT2D eigenvalue weighted by Crippen LogP contribution is -2.19. The largest absolute Gasteiger partial charge is 0.478 e. The van der Waals surface area contributed by atoms with Crippen LogP contribution in [0, 0.1) is 20.8 Å². The molecule has 8 heteroatoms. The molecule has 1 aliphatic rings. The summed E-state index contributed by atoms with van der Waals surface area (Å²) in [5.41, 5.74) is 4.68. The van der Waals surface area contributed by atoms with Crippen molar-refractivity contribution in [2.24, 2.45) is 4.99 Å². The fourth-order valence-electron chi connectivity index (χ4n) is 3.31. The number of benzene rings is 2. The first-order valence-electron chi connectivity index (χ1n) is 9.72. The zero-order valence-electron chi connectivity index (χ0n) is 17.5. The molecule has 0 atom stereocenters. The van der Waals surface area contributed by atoms with Crippen LogP contribution in [0.25, 0.3) is 17.4 Å². The number of thioether (sulfide) groups is 1. The molecule has 1 aliphatic heterocycles. The molecule has 0 unspecified atom stereocenters. The van der Waals surface area contributed by atoms with Crippen LogP contribution in [0.1, 0.15) is 32.8 Å². The van der Waals surface area contributed by atoms with E-state index in [1.807, 2.05) is 32.9 Å². The summed E-state index contributed by atoms with van der Waals surface area (Å²) < 4.78 is 6.93. The van der Waals surface area contributed by atoms with Crippen molar-refractivity contribution in [1.82, 2.24) is 5.32 Å². The number of furan rings is 1. The van der Waals surface area contributed by atoms with Gasteiger partial charge in [-0.2, -0.15) is 0 Å². The minimum absolute atomic E-state index is 0.187. The summed E-state index contributed by atoms with van der Waals surface area (Å²) in [6.45, 7) is 5.87. The number of nitrogens with zero attached hydrogens (tertiary/aromatic N) is 1. The number of carbonyl (C=O) groups excluding carboxylic acids is 1. The fraction of sp³-hybridized carbons (Fsp3) is 0.125. The third-order valence-electron chi connectivity index (χ3n) is 4.95. The Morgan fingerprint density at radius 3 is 2.50 bits per heavy atom. The van der Waals surface area contributed by atoms with Crippen LogP contribution in [0.2, 0.25) is 0 Å². The highest BCUT2D eigenvalue weighted by Gasteiger charge is 2.24. The molecule has 0 saturated carbocycles. The Morgan fingerprint density at radius 1 is 1.09 bits per heavy atom. The zero-order valence-corrected chi connectivity index (χ0v) is 19.9. The summed E-state index contributed by atoms with van der Waals surface area (Å²) in [7, 11) is 0. The highest BCUT2D eigenvalue weighted by atomic mass is 79.9. The molecule has 1 fully saturated rings. The van der Waals surface area contributed by atoms with E-state index >= 15 is 0 Å². The number of halogens is 1. The van der Waals surface area contributed by atoms with E-state index in [1.54, 1.807) is 36.4 Å². The number of carboxylic acid groups (broad SMARTS) is 1. The third-order valence-corrected chi connectivity index (χ3v) is 7.11. The van der Waals surface area contributed by atoms with E-state index in [4.69, 9.17) is 4.42 Å². The van der Waals surface area contributed by atoms with E-state index in [9.17, 15) is 14.7 Å². The van der Waals surface area contributed by atoms with Crippen molar-refractivity contribution in [3.8, 4) is 11.3 Å². The van der Waals surface area contributed by atoms with Gasteiger partial charge in [-0.3, -0.25) is 4.79 Å². The molecule has 1 saturated heterocycles. The maximum absolute atomic E-state index is 12.4. The van der Waals surface area contributed by atoms with Crippen molar-refractivity contribution in [3.05, 3.63) is 79.9 Å². The molecule has 162 valence electrons. The van der Waals surface area contributed by atoms with Gasteiger partial charge in [0.05, 0.1) is 16.2 Å². The monoisotopic (exact) mass is 510 g/mol. The van der Waals surface area contributed by atoms with Crippen LogP contribution in [0.15, 0.2) is 61.3 Å². The average Bonchev–Trinajstić information content (AvgIpc) is 3.33. The molecule has 6 nitrogen and oxygen atoms in total. The number of hydrogen-bond acceptors (Lipinski definition) is 5. The molecule has 1 amide bonds. The summed E-state index contributed by atoms with van der Waals surface area (Å²) in [6.07, 6.45) is 1.65. The van der Waals surface area contributed by atoms with Gasteiger partial charge >= 0.3 is 5.97 Å². The molecule has 2 N–H and O–H groups in total. The Bertz CT molecular complexity index is 1300. The lowest BCUT2D eigenvalue weighted by Gasteiger charge is -2.04. The fourth-order valence-corrected chi connectivity index (χ4v) is 4.36. The molecular formula is C24H19BrN2O4S. The highest BCUT2D eigenvalue weighted by Crippen LogP contribution is 2.32. The third kappa shape index (κ3) is 4.56. The molecule has 32 heavy (non-hydrogen) atoms. The van der Waals surface area contributed by atoms with Gasteiger partial charge in [-0.15, -0.1) is 0 Å². The van der Waals surface area contributed by atoms with E-state index < -0.39 is 5.97 Å². The predicted octanol–water partition coefficient (Wildman–Crippen LogP) is 6.22. The zero-order chi connectivity index (χ0) is 23.0. The van der Waals surface area contributed by atoms with Crippen molar-refractivity contribution in [2.75, 3.05) is 0 Å². The van der Waals surface area contributed by atoms with Crippen molar-refractivity contribution >= 4 is 56.5 Å². The van der Waals surface area contributed by atoms with Crippen LogP contribution < -0.4 is 5.32 Å². The number of carboxylic acids is 1. The molecule has 1 aromatic heterocycles. The van der Waals surface area contributed by atoms with Gasteiger partial charge in [0.1, 0.15) is 11.5 Å². The molecule has 0 spiro atoms. The number of carbonyl (C=O) groups is 2. The smallest absolute Gasteiger partial charge is 0.335 e.